The Balaban J connectivity index is 1.43. The largest absolute Gasteiger partial charge is 0.473 e. The lowest BCUT2D eigenvalue weighted by atomic mass is 10.1. The van der Waals surface area contributed by atoms with Gasteiger partial charge < -0.3 is 14.8 Å². The van der Waals surface area contributed by atoms with Gasteiger partial charge in [-0.2, -0.15) is 5.10 Å². The molecular formula is C20H21ClN6O2. The zero-order valence-corrected chi connectivity index (χ0v) is 16.7. The van der Waals surface area contributed by atoms with Crippen LogP contribution in [0.4, 0.5) is 11.5 Å². The van der Waals surface area contributed by atoms with Crippen molar-refractivity contribution in [1.29, 1.82) is 0 Å². The Labute approximate surface area is 172 Å². The maximum Gasteiger partial charge on any atom is 0.242 e. The number of halogens is 1. The third-order valence-corrected chi connectivity index (χ3v) is 5.43. The number of hydrogen-bond donors (Lipinski definition) is 2. The Morgan fingerprint density at radius 3 is 3.17 bits per heavy atom. The van der Waals surface area contributed by atoms with Gasteiger partial charge in [0.05, 0.1) is 27.5 Å². The average Bonchev–Trinajstić information content (AvgIpc) is 3.29. The molecule has 5 rings (SSSR count). The Morgan fingerprint density at radius 1 is 1.38 bits per heavy atom. The van der Waals surface area contributed by atoms with Crippen molar-refractivity contribution in [3.63, 3.8) is 0 Å². The first kappa shape index (κ1) is 18.2. The van der Waals surface area contributed by atoms with Crippen LogP contribution >= 0.6 is 11.6 Å². The first-order valence-corrected chi connectivity index (χ1v) is 10.0. The Hall–Kier alpha value is -2.84. The zero-order chi connectivity index (χ0) is 19.8. The summed E-state index contributed by atoms with van der Waals surface area (Å²) in [5.74, 6) is 1.17. The van der Waals surface area contributed by atoms with Crippen molar-refractivity contribution >= 4 is 45.0 Å². The minimum Gasteiger partial charge on any atom is -0.473 e. The van der Waals surface area contributed by atoms with Crippen molar-refractivity contribution in [2.24, 2.45) is 7.05 Å². The highest BCUT2D eigenvalue weighted by molar-refractivity contribution is 6.36. The van der Waals surface area contributed by atoms with Crippen LogP contribution in [0.3, 0.4) is 0 Å². The molecule has 150 valence electrons. The van der Waals surface area contributed by atoms with E-state index in [4.69, 9.17) is 21.1 Å². The van der Waals surface area contributed by atoms with E-state index in [1.165, 1.54) is 6.42 Å². The summed E-state index contributed by atoms with van der Waals surface area (Å²) < 4.78 is 13.5. The van der Waals surface area contributed by atoms with Gasteiger partial charge in [0.15, 0.2) is 5.82 Å². The molecule has 0 saturated carbocycles. The van der Waals surface area contributed by atoms with Crippen LogP contribution in [-0.2, 0) is 11.8 Å². The van der Waals surface area contributed by atoms with Crippen LogP contribution in [-0.4, -0.2) is 44.3 Å². The minimum atomic E-state index is 0.112. The lowest BCUT2D eigenvalue weighted by Crippen LogP contribution is -2.25. The highest BCUT2D eigenvalue weighted by atomic mass is 35.5. The monoisotopic (exact) mass is 412 g/mol. The second-order valence-electron chi connectivity index (χ2n) is 7.18. The van der Waals surface area contributed by atoms with E-state index in [0.29, 0.717) is 23.3 Å². The van der Waals surface area contributed by atoms with Gasteiger partial charge in [0.2, 0.25) is 5.88 Å². The molecule has 1 saturated heterocycles. The van der Waals surface area contributed by atoms with Gasteiger partial charge in [0.25, 0.3) is 0 Å². The fourth-order valence-corrected chi connectivity index (χ4v) is 3.96. The number of anilines is 2. The Morgan fingerprint density at radius 2 is 2.31 bits per heavy atom. The van der Waals surface area contributed by atoms with Gasteiger partial charge in [-0.25, -0.2) is 0 Å². The van der Waals surface area contributed by atoms with Crippen LogP contribution in [0, 0.1) is 0 Å². The molecular weight excluding hydrogens is 392 g/mol. The molecule has 1 atom stereocenters. The van der Waals surface area contributed by atoms with E-state index in [1.54, 1.807) is 10.9 Å². The molecule has 29 heavy (non-hydrogen) atoms. The summed E-state index contributed by atoms with van der Waals surface area (Å²) in [6, 6.07) is 7.61. The van der Waals surface area contributed by atoms with E-state index < -0.39 is 0 Å². The average molecular weight is 413 g/mol. The molecule has 4 heterocycles. The number of ether oxygens (including phenoxy) is 2. The molecule has 2 N–H and O–H groups in total. The number of rotatable bonds is 5. The molecule has 1 fully saturated rings. The second-order valence-corrected chi connectivity index (χ2v) is 7.58. The smallest absolute Gasteiger partial charge is 0.242 e. The number of nitrogens with one attached hydrogen (secondary N) is 2. The van der Waals surface area contributed by atoms with Crippen molar-refractivity contribution in [3.8, 4) is 5.88 Å². The number of aryl methyl sites for hydroxylation is 1. The molecule has 1 aliphatic heterocycles. The maximum absolute atomic E-state index is 6.61. The van der Waals surface area contributed by atoms with Crippen molar-refractivity contribution in [2.45, 2.75) is 25.4 Å². The number of nitrogens with zero attached hydrogens (tertiary/aromatic N) is 4. The van der Waals surface area contributed by atoms with E-state index >= 15 is 0 Å². The molecule has 0 bridgehead atoms. The maximum atomic E-state index is 6.61. The first-order valence-electron chi connectivity index (χ1n) is 9.66. The summed E-state index contributed by atoms with van der Waals surface area (Å²) in [5, 5.41) is 16.4. The molecule has 9 heteroatoms. The van der Waals surface area contributed by atoms with E-state index in [2.05, 4.69) is 25.6 Å². The number of aromatic nitrogens is 5. The third-order valence-electron chi connectivity index (χ3n) is 5.14. The number of benzene rings is 1. The van der Waals surface area contributed by atoms with Crippen LogP contribution in [0.25, 0.3) is 21.9 Å². The van der Waals surface area contributed by atoms with Crippen LogP contribution in [0.1, 0.15) is 19.3 Å². The minimum absolute atomic E-state index is 0.112. The van der Waals surface area contributed by atoms with Crippen molar-refractivity contribution in [1.82, 2.24) is 25.0 Å². The van der Waals surface area contributed by atoms with E-state index in [9.17, 15) is 0 Å². The lowest BCUT2D eigenvalue weighted by Gasteiger charge is -2.22. The van der Waals surface area contributed by atoms with Gasteiger partial charge in [-0.05, 0) is 43.5 Å². The van der Waals surface area contributed by atoms with Crippen LogP contribution in [0.5, 0.6) is 5.88 Å². The fraction of sp³-hybridized carbons (Fsp3) is 0.350. The van der Waals surface area contributed by atoms with Crippen LogP contribution in [0.2, 0.25) is 5.02 Å². The van der Waals surface area contributed by atoms with E-state index in [1.807, 2.05) is 31.3 Å². The lowest BCUT2D eigenvalue weighted by molar-refractivity contribution is -0.0117. The number of fused-ring (bicyclic) bond motifs is 2. The van der Waals surface area contributed by atoms with Gasteiger partial charge >= 0.3 is 0 Å². The number of pyridine rings is 1. The summed E-state index contributed by atoms with van der Waals surface area (Å²) in [5.41, 5.74) is 3.30. The topological polar surface area (TPSA) is 89.9 Å². The summed E-state index contributed by atoms with van der Waals surface area (Å²) in [6.45, 7) is 1.27. The predicted octanol–water partition coefficient (Wildman–Crippen LogP) is 4.19. The Kier molecular flexibility index (Phi) is 4.73. The quantitative estimate of drug-likeness (QED) is 0.510. The Bertz CT molecular complexity index is 1160. The molecule has 0 spiro atoms. The molecule has 1 unspecified atom stereocenters. The predicted molar refractivity (Wildman–Crippen MR) is 112 cm³/mol. The number of hydrogen-bond acceptors (Lipinski definition) is 6. The molecule has 0 amide bonds. The highest BCUT2D eigenvalue weighted by Gasteiger charge is 2.19. The molecule has 0 radical (unpaired) electrons. The highest BCUT2D eigenvalue weighted by Crippen LogP contribution is 2.36. The first-order chi connectivity index (χ1) is 14.2. The summed E-state index contributed by atoms with van der Waals surface area (Å²) in [4.78, 5) is 4.37. The molecule has 3 aromatic heterocycles. The second kappa shape index (κ2) is 7.53. The zero-order valence-electron chi connectivity index (χ0n) is 16.0. The van der Waals surface area contributed by atoms with E-state index in [-0.39, 0.29) is 6.10 Å². The molecule has 0 aliphatic carbocycles. The van der Waals surface area contributed by atoms with Crippen LogP contribution in [0.15, 0.2) is 30.5 Å². The fourth-order valence-electron chi connectivity index (χ4n) is 3.66. The van der Waals surface area contributed by atoms with E-state index in [0.717, 1.165) is 47.1 Å². The summed E-state index contributed by atoms with van der Waals surface area (Å²) in [6.07, 6.45) is 5.15. The van der Waals surface area contributed by atoms with Gasteiger partial charge in [0.1, 0.15) is 12.1 Å². The number of aromatic amines is 1. The van der Waals surface area contributed by atoms with Gasteiger partial charge in [-0.15, -0.1) is 5.10 Å². The standard InChI is InChI=1S/C20H21ClN6O2/c1-27-16-10-12(23-19-18-15(24-25-19)6-4-7-22-18)9-14(21)17(16)20(26-27)29-11-13-5-2-3-8-28-13/h4,6-7,9-10,13H,2-3,5,8,11H2,1H3,(H2,23,24,25). The molecule has 1 aromatic carbocycles. The normalized spacial score (nSPS) is 17.1. The summed E-state index contributed by atoms with van der Waals surface area (Å²) in [7, 11) is 1.87. The molecule has 4 aromatic rings. The van der Waals surface area contributed by atoms with Gasteiger partial charge in [-0.1, -0.05) is 11.6 Å². The van der Waals surface area contributed by atoms with Gasteiger partial charge in [-0.3, -0.25) is 14.8 Å². The van der Waals surface area contributed by atoms with Crippen molar-refractivity contribution in [3.05, 3.63) is 35.5 Å². The van der Waals surface area contributed by atoms with Crippen molar-refractivity contribution < 1.29 is 9.47 Å². The number of H-pyrrole nitrogens is 1. The third kappa shape index (κ3) is 3.49. The van der Waals surface area contributed by atoms with Crippen LogP contribution < -0.4 is 10.1 Å². The summed E-state index contributed by atoms with van der Waals surface area (Å²) >= 11 is 6.61. The van der Waals surface area contributed by atoms with Crippen molar-refractivity contribution in [2.75, 3.05) is 18.5 Å². The van der Waals surface area contributed by atoms with Gasteiger partial charge in [0, 0.05) is 25.5 Å². The molecule has 1 aliphatic rings. The SMILES string of the molecule is Cn1nc(OCC2CCCCO2)c2c(Cl)cc(Nc3n[nH]c4cccnc34)cc21. The molecule has 8 nitrogen and oxygen atoms in total.